The normalized spacial score (nSPS) is 13.9. The van der Waals surface area contributed by atoms with Gasteiger partial charge in [-0.1, -0.05) is 60.7 Å². The number of hydrogen-bond donors (Lipinski definition) is 2. The van der Waals surface area contributed by atoms with Gasteiger partial charge in [-0.15, -0.1) is 0 Å². The lowest BCUT2D eigenvalue weighted by atomic mass is 10.0. The zero-order valence-electron chi connectivity index (χ0n) is 21.4. The molecule has 0 aliphatic heterocycles. The Morgan fingerprint density at radius 3 is 1.97 bits per heavy atom. The molecular formula is C28H38N2O5. The number of ether oxygens (including phenoxy) is 2. The van der Waals surface area contributed by atoms with E-state index in [0.29, 0.717) is 19.3 Å². The molecule has 0 saturated heterocycles. The van der Waals surface area contributed by atoms with Crippen molar-refractivity contribution in [1.82, 2.24) is 10.6 Å². The number of amides is 1. The van der Waals surface area contributed by atoms with Gasteiger partial charge in [0.2, 0.25) is 5.91 Å². The molecule has 7 nitrogen and oxygen atoms in total. The van der Waals surface area contributed by atoms with Crippen molar-refractivity contribution in [2.24, 2.45) is 0 Å². The van der Waals surface area contributed by atoms with Gasteiger partial charge in [-0.2, -0.15) is 0 Å². The van der Waals surface area contributed by atoms with Crippen molar-refractivity contribution in [2.45, 2.75) is 77.6 Å². The predicted octanol–water partition coefficient (Wildman–Crippen LogP) is 3.60. The average Bonchev–Trinajstić information content (AvgIpc) is 2.81. The number of nitrogens with one attached hydrogen (secondary N) is 2. The van der Waals surface area contributed by atoms with Crippen molar-refractivity contribution in [3.8, 4) is 0 Å². The van der Waals surface area contributed by atoms with Crippen molar-refractivity contribution >= 4 is 17.8 Å². The summed E-state index contributed by atoms with van der Waals surface area (Å²) in [4.78, 5) is 38.5. The lowest BCUT2D eigenvalue weighted by Crippen LogP contribution is -2.54. The fourth-order valence-corrected chi connectivity index (χ4v) is 3.56. The number of hydrogen-bond acceptors (Lipinski definition) is 6. The standard InChI is InChI=1S/C28H38N2O5/c1-6-34-26(32)23(18-17-21-13-9-7-10-14-21)29-20(2)25(31)30-24(27(33)35-28(3,4)5)19-22-15-11-8-12-16-22/h7-16,20,23-24,29H,6,17-19H2,1-5H3,(H,30,31)/t20-,23+,24+/m1/s1. The second-order valence-corrected chi connectivity index (χ2v) is 9.50. The van der Waals surface area contributed by atoms with Gasteiger partial charge in [0.15, 0.2) is 0 Å². The van der Waals surface area contributed by atoms with Crippen molar-refractivity contribution < 1.29 is 23.9 Å². The Bertz CT molecular complexity index is 941. The first-order valence-corrected chi connectivity index (χ1v) is 12.1. The fraction of sp³-hybridized carbons (Fsp3) is 0.464. The maximum atomic E-state index is 13.1. The SMILES string of the molecule is CCOC(=O)[C@H](CCc1ccccc1)N[C@H](C)C(=O)N[C@@H](Cc1ccccc1)C(=O)OC(C)(C)C. The van der Waals surface area contributed by atoms with Crippen molar-refractivity contribution in [3.63, 3.8) is 0 Å². The van der Waals surface area contributed by atoms with Gasteiger partial charge < -0.3 is 14.8 Å². The molecule has 2 rings (SSSR count). The van der Waals surface area contributed by atoms with E-state index in [1.165, 1.54) is 0 Å². The molecule has 3 atom stereocenters. The van der Waals surface area contributed by atoms with Crippen LogP contribution < -0.4 is 10.6 Å². The summed E-state index contributed by atoms with van der Waals surface area (Å²) in [6.45, 7) is 9.02. The molecule has 0 bridgehead atoms. The predicted molar refractivity (Wildman–Crippen MR) is 136 cm³/mol. The molecule has 0 spiro atoms. The highest BCUT2D eigenvalue weighted by Gasteiger charge is 2.30. The molecule has 1 amide bonds. The molecule has 0 aliphatic rings. The van der Waals surface area contributed by atoms with E-state index in [1.54, 1.807) is 34.6 Å². The molecule has 7 heteroatoms. The van der Waals surface area contributed by atoms with E-state index in [-0.39, 0.29) is 6.61 Å². The fourth-order valence-electron chi connectivity index (χ4n) is 3.56. The highest BCUT2D eigenvalue weighted by molar-refractivity contribution is 5.88. The van der Waals surface area contributed by atoms with Crippen LogP contribution in [0.1, 0.15) is 52.2 Å². The smallest absolute Gasteiger partial charge is 0.329 e. The molecule has 2 N–H and O–H groups in total. The van der Waals surface area contributed by atoms with E-state index in [0.717, 1.165) is 11.1 Å². The minimum Gasteiger partial charge on any atom is -0.465 e. The van der Waals surface area contributed by atoms with Gasteiger partial charge in [0.25, 0.3) is 0 Å². The van der Waals surface area contributed by atoms with E-state index in [2.05, 4.69) is 10.6 Å². The summed E-state index contributed by atoms with van der Waals surface area (Å²) < 4.78 is 10.8. The van der Waals surface area contributed by atoms with Crippen LogP contribution in [-0.4, -0.2) is 48.2 Å². The van der Waals surface area contributed by atoms with Crippen LogP contribution in [0.2, 0.25) is 0 Å². The number of benzene rings is 2. The first kappa shape index (κ1) is 28.1. The average molecular weight is 483 g/mol. The minimum atomic E-state index is -0.862. The molecular weight excluding hydrogens is 444 g/mol. The number of esters is 2. The van der Waals surface area contributed by atoms with Crippen molar-refractivity contribution in [3.05, 3.63) is 71.8 Å². The summed E-state index contributed by atoms with van der Waals surface area (Å²) in [5, 5.41) is 5.90. The van der Waals surface area contributed by atoms with Crippen LogP contribution in [0.25, 0.3) is 0 Å². The number of carbonyl (C=O) groups excluding carboxylic acids is 3. The quantitative estimate of drug-likeness (QED) is 0.449. The zero-order chi connectivity index (χ0) is 25.8. The summed E-state index contributed by atoms with van der Waals surface area (Å²) in [5.74, 6) is -1.31. The monoisotopic (exact) mass is 482 g/mol. The number of aryl methyl sites for hydroxylation is 1. The van der Waals surface area contributed by atoms with Crippen LogP contribution in [0.4, 0.5) is 0 Å². The summed E-state index contributed by atoms with van der Waals surface area (Å²) in [6.07, 6.45) is 1.42. The first-order chi connectivity index (χ1) is 16.6. The van der Waals surface area contributed by atoms with Crippen molar-refractivity contribution in [2.75, 3.05) is 6.61 Å². The second-order valence-electron chi connectivity index (χ2n) is 9.50. The van der Waals surface area contributed by atoms with Gasteiger partial charge in [0, 0.05) is 6.42 Å². The largest absolute Gasteiger partial charge is 0.465 e. The van der Waals surface area contributed by atoms with Gasteiger partial charge in [-0.3, -0.25) is 14.9 Å². The van der Waals surface area contributed by atoms with Crippen LogP contribution in [0, 0.1) is 0 Å². The molecule has 0 heterocycles. The first-order valence-electron chi connectivity index (χ1n) is 12.1. The third kappa shape index (κ3) is 10.3. The third-order valence-corrected chi connectivity index (χ3v) is 5.27. The molecule has 2 aromatic carbocycles. The van der Waals surface area contributed by atoms with E-state index < -0.39 is 41.6 Å². The van der Waals surface area contributed by atoms with E-state index in [4.69, 9.17) is 9.47 Å². The summed E-state index contributed by atoms with van der Waals surface area (Å²) in [7, 11) is 0. The zero-order valence-corrected chi connectivity index (χ0v) is 21.4. The van der Waals surface area contributed by atoms with Gasteiger partial charge in [-0.25, -0.2) is 4.79 Å². The van der Waals surface area contributed by atoms with Gasteiger partial charge >= 0.3 is 11.9 Å². The topological polar surface area (TPSA) is 93.7 Å². The minimum absolute atomic E-state index is 0.251. The van der Waals surface area contributed by atoms with Gasteiger partial charge in [0.05, 0.1) is 12.6 Å². The maximum absolute atomic E-state index is 13.1. The Morgan fingerprint density at radius 1 is 0.857 bits per heavy atom. The van der Waals surface area contributed by atoms with Gasteiger partial charge in [-0.05, 0) is 58.6 Å². The highest BCUT2D eigenvalue weighted by atomic mass is 16.6. The number of rotatable bonds is 12. The Morgan fingerprint density at radius 2 is 1.43 bits per heavy atom. The van der Waals surface area contributed by atoms with E-state index in [1.807, 2.05) is 60.7 Å². The molecule has 0 unspecified atom stereocenters. The van der Waals surface area contributed by atoms with E-state index >= 15 is 0 Å². The van der Waals surface area contributed by atoms with Crippen LogP contribution in [-0.2, 0) is 36.7 Å². The summed E-state index contributed by atoms with van der Waals surface area (Å²) in [5.41, 5.74) is 1.30. The molecule has 0 fully saturated rings. The number of carbonyl (C=O) groups is 3. The van der Waals surface area contributed by atoms with Crippen LogP contribution in [0.5, 0.6) is 0 Å². The van der Waals surface area contributed by atoms with Crippen LogP contribution >= 0.6 is 0 Å². The highest BCUT2D eigenvalue weighted by Crippen LogP contribution is 2.12. The van der Waals surface area contributed by atoms with Crippen LogP contribution in [0.3, 0.4) is 0 Å². The molecule has 0 aliphatic carbocycles. The molecule has 0 saturated carbocycles. The maximum Gasteiger partial charge on any atom is 0.329 e. The second kappa shape index (κ2) is 13.6. The molecule has 2 aromatic rings. The lowest BCUT2D eigenvalue weighted by molar-refractivity contribution is -0.159. The van der Waals surface area contributed by atoms with Crippen LogP contribution in [0.15, 0.2) is 60.7 Å². The summed E-state index contributed by atoms with van der Waals surface area (Å²) >= 11 is 0. The Kier molecular flexibility index (Phi) is 10.9. The Labute approximate surface area is 208 Å². The lowest BCUT2D eigenvalue weighted by Gasteiger charge is -2.27. The van der Waals surface area contributed by atoms with Crippen molar-refractivity contribution in [1.29, 1.82) is 0 Å². The molecule has 190 valence electrons. The van der Waals surface area contributed by atoms with E-state index in [9.17, 15) is 14.4 Å². The third-order valence-electron chi connectivity index (χ3n) is 5.27. The summed E-state index contributed by atoms with van der Waals surface area (Å²) in [6, 6.07) is 17.0. The molecule has 0 aromatic heterocycles. The Hall–Kier alpha value is -3.19. The molecule has 0 radical (unpaired) electrons. The Balaban J connectivity index is 2.08. The van der Waals surface area contributed by atoms with Gasteiger partial charge in [0.1, 0.15) is 17.7 Å². The molecule has 35 heavy (non-hydrogen) atoms.